The number of sulfonamides is 1. The van der Waals surface area contributed by atoms with Crippen LogP contribution in [0.3, 0.4) is 0 Å². The second kappa shape index (κ2) is 12.4. The van der Waals surface area contributed by atoms with Gasteiger partial charge in [0.05, 0.1) is 30.7 Å². The molecule has 1 aliphatic heterocycles. The zero-order valence-electron chi connectivity index (χ0n) is 23.5. The highest BCUT2D eigenvalue weighted by atomic mass is 32.2. The van der Waals surface area contributed by atoms with Crippen LogP contribution in [0, 0.1) is 12.8 Å². The number of aryl methyl sites for hydroxylation is 1. The van der Waals surface area contributed by atoms with E-state index < -0.39 is 10.0 Å². The van der Waals surface area contributed by atoms with Gasteiger partial charge in [-0.2, -0.15) is 4.98 Å². The molecule has 40 heavy (non-hydrogen) atoms. The average Bonchev–Trinajstić information content (AvgIpc) is 3.80. The van der Waals surface area contributed by atoms with Gasteiger partial charge in [0.1, 0.15) is 5.82 Å². The van der Waals surface area contributed by atoms with Gasteiger partial charge in [-0.15, -0.1) is 0 Å². The molecule has 10 nitrogen and oxygen atoms in total. The molecular weight excluding hydrogens is 528 g/mol. The van der Waals surface area contributed by atoms with Gasteiger partial charge in [0, 0.05) is 55.2 Å². The first-order chi connectivity index (χ1) is 19.2. The lowest BCUT2D eigenvalue weighted by molar-refractivity contribution is -0.0404. The smallest absolute Gasteiger partial charge is 0.229 e. The Morgan fingerprint density at radius 1 is 1.15 bits per heavy atom. The molecule has 0 bridgehead atoms. The highest BCUT2D eigenvalue weighted by Gasteiger charge is 2.35. The maximum Gasteiger partial charge on any atom is 0.229 e. The van der Waals surface area contributed by atoms with E-state index in [4.69, 9.17) is 14.5 Å². The van der Waals surface area contributed by atoms with Crippen molar-refractivity contribution in [2.75, 3.05) is 50.1 Å². The van der Waals surface area contributed by atoms with Gasteiger partial charge in [0.15, 0.2) is 0 Å². The fourth-order valence-electron chi connectivity index (χ4n) is 4.66. The maximum atomic E-state index is 12.1. The van der Waals surface area contributed by atoms with Crippen LogP contribution in [0.1, 0.15) is 37.8 Å². The van der Waals surface area contributed by atoms with Gasteiger partial charge in [0.25, 0.3) is 0 Å². The normalized spacial score (nSPS) is 23.6. The fraction of sp³-hybridized carbons (Fsp3) is 0.517. The predicted molar refractivity (Wildman–Crippen MR) is 157 cm³/mol. The average molecular weight is 569 g/mol. The van der Waals surface area contributed by atoms with Crippen molar-refractivity contribution in [3.05, 3.63) is 65.5 Å². The molecule has 1 saturated carbocycles. The third-order valence-corrected chi connectivity index (χ3v) is 9.63. The molecule has 1 aromatic carbocycles. The monoisotopic (exact) mass is 568 g/mol. The van der Waals surface area contributed by atoms with E-state index in [0.29, 0.717) is 24.9 Å². The van der Waals surface area contributed by atoms with Crippen molar-refractivity contribution in [2.45, 2.75) is 51.0 Å². The first-order valence-electron chi connectivity index (χ1n) is 14.0. The van der Waals surface area contributed by atoms with Crippen molar-refractivity contribution in [2.24, 2.45) is 5.92 Å². The number of hydrogen-bond donors (Lipinski definition) is 3. The summed E-state index contributed by atoms with van der Waals surface area (Å²) in [7, 11) is -3.20. The lowest BCUT2D eigenvalue weighted by atomic mass is 9.85. The number of nitrogens with zero attached hydrogens (tertiary/aromatic N) is 3. The van der Waals surface area contributed by atoms with Crippen LogP contribution >= 0.6 is 0 Å². The minimum atomic E-state index is -3.20. The molecule has 0 spiro atoms. The summed E-state index contributed by atoms with van der Waals surface area (Å²) in [6.07, 6.45) is 9.59. The van der Waals surface area contributed by atoms with Gasteiger partial charge in [-0.1, -0.05) is 31.2 Å². The summed E-state index contributed by atoms with van der Waals surface area (Å²) in [6.45, 7) is 11.6. The van der Waals surface area contributed by atoms with Gasteiger partial charge in [-0.3, -0.25) is 4.90 Å². The molecule has 0 amide bonds. The van der Waals surface area contributed by atoms with Crippen LogP contribution in [0.2, 0.25) is 0 Å². The maximum absolute atomic E-state index is 12.1. The van der Waals surface area contributed by atoms with Crippen LogP contribution in [0.25, 0.3) is 0 Å². The van der Waals surface area contributed by atoms with E-state index in [-0.39, 0.29) is 16.8 Å². The van der Waals surface area contributed by atoms with E-state index in [9.17, 15) is 8.42 Å². The molecule has 11 heteroatoms. The Balaban J connectivity index is 1.15. The summed E-state index contributed by atoms with van der Waals surface area (Å²) in [4.78, 5) is 11.5. The fourth-order valence-corrected chi connectivity index (χ4v) is 6.02. The molecular formula is C29H40N6O4S. The largest absolute Gasteiger partial charge is 0.379 e. The summed E-state index contributed by atoms with van der Waals surface area (Å²) in [5.41, 5.74) is 3.22. The predicted octanol–water partition coefficient (Wildman–Crippen LogP) is 3.72. The lowest BCUT2D eigenvalue weighted by Crippen LogP contribution is -2.41. The van der Waals surface area contributed by atoms with Crippen molar-refractivity contribution in [3.8, 4) is 0 Å². The molecule has 0 radical (unpaired) electrons. The summed E-state index contributed by atoms with van der Waals surface area (Å²) >= 11 is 0. The first-order valence-corrected chi connectivity index (χ1v) is 15.5. The van der Waals surface area contributed by atoms with E-state index in [2.05, 4.69) is 51.2 Å². The van der Waals surface area contributed by atoms with Crippen molar-refractivity contribution in [1.29, 1.82) is 0 Å². The Morgan fingerprint density at radius 3 is 2.60 bits per heavy atom. The third-order valence-electron chi connectivity index (χ3n) is 7.74. The number of morpholine rings is 1. The molecule has 216 valence electrons. The zero-order valence-corrected chi connectivity index (χ0v) is 24.3. The minimum Gasteiger partial charge on any atom is -0.379 e. The van der Waals surface area contributed by atoms with Crippen molar-refractivity contribution >= 4 is 27.5 Å². The Labute approximate surface area is 237 Å². The summed E-state index contributed by atoms with van der Waals surface area (Å²) in [5, 5.41) is 6.47. The van der Waals surface area contributed by atoms with Crippen LogP contribution in [0.5, 0.6) is 0 Å². The van der Waals surface area contributed by atoms with E-state index in [1.165, 1.54) is 0 Å². The molecule has 2 unspecified atom stereocenters. The lowest BCUT2D eigenvalue weighted by Gasteiger charge is -2.35. The number of benzene rings is 1. The molecule has 3 N–H and O–H groups in total. The van der Waals surface area contributed by atoms with Crippen molar-refractivity contribution < 1.29 is 17.9 Å². The summed E-state index contributed by atoms with van der Waals surface area (Å²) < 4.78 is 38.6. The van der Waals surface area contributed by atoms with Crippen LogP contribution in [0.4, 0.5) is 17.5 Å². The highest BCUT2D eigenvalue weighted by molar-refractivity contribution is 7.90. The van der Waals surface area contributed by atoms with Crippen molar-refractivity contribution in [1.82, 2.24) is 19.6 Å². The minimum absolute atomic E-state index is 0.167. The van der Waals surface area contributed by atoms with Gasteiger partial charge in [0.2, 0.25) is 16.0 Å². The summed E-state index contributed by atoms with van der Waals surface area (Å²) in [5.74, 6) is 1.36. The number of rotatable bonds is 12. The molecule has 5 rings (SSSR count). The number of anilines is 3. The number of aromatic nitrogens is 2. The number of nitrogens with one attached hydrogen (secondary N) is 3. The molecule has 1 saturated heterocycles. The molecule has 2 aliphatic carbocycles. The molecule has 2 atom stereocenters. The van der Waals surface area contributed by atoms with E-state index >= 15 is 0 Å². The highest BCUT2D eigenvalue weighted by Crippen LogP contribution is 2.31. The standard InChI is InChI=1S/C29H40N6O4S/c1-21-19-30-28(33-25-10-11-29(3,22(2)18-25)39-17-14-35-12-15-38-16-13-35)34-27(21)32-24-6-4-23(5-7-24)20-31-40(36,37)26-8-9-26/h4-7,10-11,18-19,22,26,31H,8-9,12-17,20H2,1-3H3,(H2,30,32,33,34). The molecule has 2 fully saturated rings. The summed E-state index contributed by atoms with van der Waals surface area (Å²) in [6, 6.07) is 7.66. The first kappa shape index (κ1) is 28.7. The number of ether oxygens (including phenoxy) is 2. The Hall–Kier alpha value is -2.83. The number of allylic oxidation sites excluding steroid dienone is 1. The van der Waals surface area contributed by atoms with Crippen LogP contribution < -0.4 is 15.4 Å². The van der Waals surface area contributed by atoms with Gasteiger partial charge in [-0.05, 0) is 50.5 Å². The molecule has 3 aliphatic rings. The quantitative estimate of drug-likeness (QED) is 0.352. The third kappa shape index (κ3) is 7.46. The van der Waals surface area contributed by atoms with Crippen LogP contribution in [0.15, 0.2) is 54.4 Å². The van der Waals surface area contributed by atoms with Crippen LogP contribution in [-0.4, -0.2) is 73.6 Å². The van der Waals surface area contributed by atoms with Gasteiger partial charge in [-0.25, -0.2) is 18.1 Å². The van der Waals surface area contributed by atoms with E-state index in [1.807, 2.05) is 37.3 Å². The Morgan fingerprint density at radius 2 is 1.90 bits per heavy atom. The molecule has 2 heterocycles. The molecule has 2 aromatic rings. The van der Waals surface area contributed by atoms with Crippen LogP contribution in [-0.2, 0) is 26.0 Å². The second-order valence-electron chi connectivity index (χ2n) is 11.0. The van der Waals surface area contributed by atoms with Crippen molar-refractivity contribution in [3.63, 3.8) is 0 Å². The molecule has 1 aromatic heterocycles. The van der Waals surface area contributed by atoms with Gasteiger partial charge >= 0.3 is 0 Å². The number of hydrogen-bond acceptors (Lipinski definition) is 9. The van der Waals surface area contributed by atoms with Gasteiger partial charge < -0.3 is 20.1 Å². The van der Waals surface area contributed by atoms with E-state index in [1.54, 1.807) is 6.20 Å². The Kier molecular flexibility index (Phi) is 8.86. The Bertz CT molecular complexity index is 1340. The van der Waals surface area contributed by atoms with E-state index in [0.717, 1.165) is 68.2 Å². The topological polar surface area (TPSA) is 118 Å². The second-order valence-corrected chi connectivity index (χ2v) is 13.0. The SMILES string of the molecule is Cc1cnc(NC2=CC(C)C(C)(OCCN3CCOCC3)C=C2)nc1Nc1ccc(CNS(=O)(=O)C2CC2)cc1. The zero-order chi connectivity index (χ0) is 28.2.